The van der Waals surface area contributed by atoms with Gasteiger partial charge in [-0.15, -0.1) is 0 Å². The second-order valence-electron chi connectivity index (χ2n) is 7.18. The fourth-order valence-electron chi connectivity index (χ4n) is 3.39. The summed E-state index contributed by atoms with van der Waals surface area (Å²) in [6, 6.07) is 9.63. The molecule has 8 heteroatoms. The van der Waals surface area contributed by atoms with Crippen LogP contribution in [-0.4, -0.2) is 61.3 Å². The van der Waals surface area contributed by atoms with Crippen molar-refractivity contribution in [1.29, 1.82) is 0 Å². The van der Waals surface area contributed by atoms with Gasteiger partial charge in [0.15, 0.2) is 0 Å². The van der Waals surface area contributed by atoms with Crippen LogP contribution in [0.1, 0.15) is 0 Å². The van der Waals surface area contributed by atoms with Crippen LogP contribution in [0.2, 0.25) is 0 Å². The Balaban J connectivity index is 1.63. The van der Waals surface area contributed by atoms with Crippen molar-refractivity contribution < 1.29 is 23.8 Å². The molecule has 1 aromatic heterocycles. The summed E-state index contributed by atoms with van der Waals surface area (Å²) in [4.78, 5) is 29.1. The highest BCUT2D eigenvalue weighted by molar-refractivity contribution is 5.88. The Morgan fingerprint density at radius 2 is 1.77 bits per heavy atom. The molecule has 8 nitrogen and oxygen atoms in total. The van der Waals surface area contributed by atoms with E-state index in [0.29, 0.717) is 30.0 Å². The first-order valence-electron chi connectivity index (χ1n) is 9.54. The second-order valence-corrected chi connectivity index (χ2v) is 7.18. The van der Waals surface area contributed by atoms with Crippen molar-refractivity contribution in [3.63, 3.8) is 0 Å². The first-order valence-corrected chi connectivity index (χ1v) is 9.54. The number of rotatable bonds is 3. The molecule has 1 aliphatic heterocycles. The molecule has 0 unspecified atom stereocenters. The van der Waals surface area contributed by atoms with Crippen molar-refractivity contribution in [2.24, 2.45) is 0 Å². The van der Waals surface area contributed by atoms with Gasteiger partial charge in [0, 0.05) is 38.3 Å². The molecule has 0 atom stereocenters. The topological polar surface area (TPSA) is 92.5 Å². The smallest absolute Gasteiger partial charge is 0.415 e. The van der Waals surface area contributed by atoms with Gasteiger partial charge in [0.2, 0.25) is 5.43 Å². The Labute approximate surface area is 172 Å². The van der Waals surface area contributed by atoms with E-state index in [9.17, 15) is 14.7 Å². The molecule has 30 heavy (non-hydrogen) atoms. The van der Waals surface area contributed by atoms with Gasteiger partial charge in [-0.25, -0.2) is 4.79 Å². The van der Waals surface area contributed by atoms with Gasteiger partial charge >= 0.3 is 6.09 Å². The average molecular weight is 410 g/mol. The van der Waals surface area contributed by atoms with Crippen LogP contribution in [0.5, 0.6) is 17.2 Å². The summed E-state index contributed by atoms with van der Waals surface area (Å²) >= 11 is 0. The minimum absolute atomic E-state index is 0.0303. The van der Waals surface area contributed by atoms with Crippen LogP contribution < -0.4 is 14.9 Å². The van der Waals surface area contributed by atoms with Crippen molar-refractivity contribution in [1.82, 2.24) is 9.80 Å². The van der Waals surface area contributed by atoms with E-state index >= 15 is 0 Å². The predicted molar refractivity (Wildman–Crippen MR) is 111 cm³/mol. The normalized spacial score (nSPS) is 14.7. The second kappa shape index (κ2) is 8.08. The number of piperazine rings is 1. The highest BCUT2D eigenvalue weighted by atomic mass is 16.6. The molecule has 2 aromatic carbocycles. The molecule has 1 aliphatic rings. The van der Waals surface area contributed by atoms with E-state index in [-0.39, 0.29) is 27.9 Å². The number of carbonyl (C=O) groups is 1. The third-order valence-corrected chi connectivity index (χ3v) is 5.20. The molecule has 1 fully saturated rings. The molecule has 156 valence electrons. The SMILES string of the molecule is COc1ccc(-c2coc3cc(OC(=O)N4CCN(C)CC4)cc(O)c3c2=O)cc1. The Morgan fingerprint density at radius 1 is 1.07 bits per heavy atom. The van der Waals surface area contributed by atoms with Crippen LogP contribution in [-0.2, 0) is 0 Å². The summed E-state index contributed by atoms with van der Waals surface area (Å²) in [6.45, 7) is 2.66. The number of benzene rings is 2. The number of likely N-dealkylation sites (N-methyl/N-ethyl adjacent to an activating group) is 1. The lowest BCUT2D eigenvalue weighted by Crippen LogP contribution is -2.48. The monoisotopic (exact) mass is 410 g/mol. The standard InChI is InChI=1S/C22H22N2O6/c1-23-7-9-24(10-8-23)22(27)30-16-11-18(25)20-19(12-16)29-13-17(21(20)26)14-3-5-15(28-2)6-4-14/h3-6,11-13,25H,7-10H2,1-2H3. The van der Waals surface area contributed by atoms with E-state index in [1.807, 2.05) is 7.05 Å². The van der Waals surface area contributed by atoms with E-state index < -0.39 is 6.09 Å². The molecule has 1 N–H and O–H groups in total. The number of ether oxygens (including phenoxy) is 2. The molecular weight excluding hydrogens is 388 g/mol. The lowest BCUT2D eigenvalue weighted by Gasteiger charge is -2.31. The predicted octanol–water partition coefficient (Wildman–Crippen LogP) is 2.92. The Kier molecular flexibility index (Phi) is 5.33. The quantitative estimate of drug-likeness (QED) is 0.710. The summed E-state index contributed by atoms with van der Waals surface area (Å²) in [7, 11) is 3.55. The zero-order valence-corrected chi connectivity index (χ0v) is 16.8. The molecule has 1 saturated heterocycles. The number of amides is 1. The van der Waals surface area contributed by atoms with Crippen molar-refractivity contribution in [3.05, 3.63) is 52.9 Å². The summed E-state index contributed by atoms with van der Waals surface area (Å²) < 4.78 is 16.1. The number of aromatic hydroxyl groups is 1. The molecule has 0 aliphatic carbocycles. The number of hydrogen-bond acceptors (Lipinski definition) is 7. The molecule has 0 radical (unpaired) electrons. The maximum atomic E-state index is 12.9. The maximum absolute atomic E-state index is 12.9. The molecule has 1 amide bonds. The number of carbonyl (C=O) groups excluding carboxylic acids is 1. The first-order chi connectivity index (χ1) is 14.5. The van der Waals surface area contributed by atoms with E-state index in [2.05, 4.69) is 4.90 Å². The van der Waals surface area contributed by atoms with Gasteiger partial charge < -0.3 is 28.8 Å². The number of hydrogen-bond donors (Lipinski definition) is 1. The van der Waals surface area contributed by atoms with Gasteiger partial charge in [0.05, 0.1) is 12.7 Å². The van der Waals surface area contributed by atoms with Crippen LogP contribution in [0.25, 0.3) is 22.1 Å². The molecule has 2 heterocycles. The first kappa shape index (κ1) is 19.8. The van der Waals surface area contributed by atoms with Gasteiger partial charge in [-0.3, -0.25) is 4.79 Å². The summed E-state index contributed by atoms with van der Waals surface area (Å²) in [5, 5.41) is 10.5. The maximum Gasteiger partial charge on any atom is 0.415 e. The number of fused-ring (bicyclic) bond motifs is 1. The highest BCUT2D eigenvalue weighted by Crippen LogP contribution is 2.31. The van der Waals surface area contributed by atoms with Crippen molar-refractivity contribution >= 4 is 17.1 Å². The van der Waals surface area contributed by atoms with E-state index in [1.165, 1.54) is 18.4 Å². The van der Waals surface area contributed by atoms with Crippen LogP contribution in [0.15, 0.2) is 51.9 Å². The number of nitrogens with zero attached hydrogens (tertiary/aromatic N) is 2. The lowest BCUT2D eigenvalue weighted by atomic mass is 10.0. The van der Waals surface area contributed by atoms with Crippen molar-refractivity contribution in [2.75, 3.05) is 40.3 Å². The van der Waals surface area contributed by atoms with E-state index in [0.717, 1.165) is 13.1 Å². The Morgan fingerprint density at radius 3 is 2.43 bits per heavy atom. The minimum atomic E-state index is -0.501. The van der Waals surface area contributed by atoms with Gasteiger partial charge in [-0.05, 0) is 24.7 Å². The van der Waals surface area contributed by atoms with Crippen LogP contribution >= 0.6 is 0 Å². The summed E-state index contributed by atoms with van der Waals surface area (Å²) in [6.07, 6.45) is 0.830. The molecule has 0 saturated carbocycles. The summed E-state index contributed by atoms with van der Waals surface area (Å²) in [5.74, 6) is 0.473. The molecule has 0 spiro atoms. The van der Waals surface area contributed by atoms with Crippen LogP contribution in [0, 0.1) is 0 Å². The average Bonchev–Trinajstić information content (AvgIpc) is 2.74. The molecular formula is C22H22N2O6. The Hall–Kier alpha value is -3.52. The third kappa shape index (κ3) is 3.81. The third-order valence-electron chi connectivity index (χ3n) is 5.20. The summed E-state index contributed by atoms with van der Waals surface area (Å²) in [5.41, 5.74) is 0.702. The van der Waals surface area contributed by atoms with Crippen LogP contribution in [0.4, 0.5) is 4.79 Å². The van der Waals surface area contributed by atoms with E-state index in [1.54, 1.807) is 36.3 Å². The largest absolute Gasteiger partial charge is 0.507 e. The van der Waals surface area contributed by atoms with Gasteiger partial charge in [0.1, 0.15) is 34.5 Å². The zero-order chi connectivity index (χ0) is 21.3. The molecule has 4 rings (SSSR count). The number of phenolic OH excluding ortho intramolecular Hbond substituents is 1. The fourth-order valence-corrected chi connectivity index (χ4v) is 3.39. The zero-order valence-electron chi connectivity index (χ0n) is 16.8. The van der Waals surface area contributed by atoms with Crippen molar-refractivity contribution in [3.8, 4) is 28.4 Å². The van der Waals surface area contributed by atoms with Gasteiger partial charge in [-0.2, -0.15) is 0 Å². The van der Waals surface area contributed by atoms with Gasteiger partial charge in [0.25, 0.3) is 0 Å². The molecule has 0 bridgehead atoms. The van der Waals surface area contributed by atoms with Crippen LogP contribution in [0.3, 0.4) is 0 Å². The molecule has 3 aromatic rings. The number of methoxy groups -OCH3 is 1. The fraction of sp³-hybridized carbons (Fsp3) is 0.273. The van der Waals surface area contributed by atoms with E-state index in [4.69, 9.17) is 13.9 Å². The lowest BCUT2D eigenvalue weighted by molar-refractivity contribution is 0.120. The minimum Gasteiger partial charge on any atom is -0.507 e. The van der Waals surface area contributed by atoms with Crippen molar-refractivity contribution in [2.45, 2.75) is 0 Å². The Bertz CT molecular complexity index is 1130. The van der Waals surface area contributed by atoms with Gasteiger partial charge in [-0.1, -0.05) is 12.1 Å². The highest BCUT2D eigenvalue weighted by Gasteiger charge is 2.22. The number of phenols is 1.